The SMILES string of the molecule is CCOC(=O)CCN(C)CCOc1ccccc1. The van der Waals surface area contributed by atoms with Crippen molar-refractivity contribution in [3.8, 4) is 5.75 Å². The fraction of sp³-hybridized carbons (Fsp3) is 0.500. The highest BCUT2D eigenvalue weighted by Crippen LogP contribution is 2.07. The Labute approximate surface area is 108 Å². The van der Waals surface area contributed by atoms with Gasteiger partial charge >= 0.3 is 5.97 Å². The molecule has 0 atom stereocenters. The second-order valence-corrected chi connectivity index (χ2v) is 4.02. The van der Waals surface area contributed by atoms with Crippen LogP contribution in [0.5, 0.6) is 5.75 Å². The van der Waals surface area contributed by atoms with Crippen molar-refractivity contribution in [3.05, 3.63) is 30.3 Å². The van der Waals surface area contributed by atoms with E-state index in [0.717, 1.165) is 12.3 Å². The van der Waals surface area contributed by atoms with E-state index < -0.39 is 0 Å². The maximum Gasteiger partial charge on any atom is 0.307 e. The van der Waals surface area contributed by atoms with Gasteiger partial charge in [-0.05, 0) is 26.1 Å². The van der Waals surface area contributed by atoms with Crippen molar-refractivity contribution in [3.63, 3.8) is 0 Å². The number of hydrogen-bond donors (Lipinski definition) is 0. The lowest BCUT2D eigenvalue weighted by Crippen LogP contribution is -2.27. The van der Waals surface area contributed by atoms with Crippen molar-refractivity contribution < 1.29 is 14.3 Å². The molecule has 0 aromatic heterocycles. The predicted molar refractivity (Wildman–Crippen MR) is 70.7 cm³/mol. The number of carbonyl (C=O) groups is 1. The molecule has 0 N–H and O–H groups in total. The summed E-state index contributed by atoms with van der Waals surface area (Å²) in [5.41, 5.74) is 0. The van der Waals surface area contributed by atoms with Gasteiger partial charge in [-0.2, -0.15) is 0 Å². The number of esters is 1. The number of rotatable bonds is 8. The Morgan fingerprint density at radius 1 is 1.22 bits per heavy atom. The largest absolute Gasteiger partial charge is 0.492 e. The van der Waals surface area contributed by atoms with Gasteiger partial charge in [0.25, 0.3) is 0 Å². The third kappa shape index (κ3) is 6.25. The lowest BCUT2D eigenvalue weighted by Gasteiger charge is -2.16. The van der Waals surface area contributed by atoms with Gasteiger partial charge in [-0.3, -0.25) is 4.79 Å². The Morgan fingerprint density at radius 2 is 1.94 bits per heavy atom. The van der Waals surface area contributed by atoms with Crippen LogP contribution in [0.2, 0.25) is 0 Å². The number of benzene rings is 1. The third-order valence-electron chi connectivity index (χ3n) is 2.49. The first-order chi connectivity index (χ1) is 8.72. The quantitative estimate of drug-likeness (QED) is 0.662. The molecular formula is C14H21NO3. The minimum atomic E-state index is -0.145. The summed E-state index contributed by atoms with van der Waals surface area (Å²) in [7, 11) is 1.97. The van der Waals surface area contributed by atoms with Gasteiger partial charge < -0.3 is 14.4 Å². The Morgan fingerprint density at radius 3 is 2.61 bits per heavy atom. The number of para-hydroxylation sites is 1. The van der Waals surface area contributed by atoms with E-state index in [1.165, 1.54) is 0 Å². The standard InChI is InChI=1S/C14H21NO3/c1-3-17-14(16)9-10-15(2)11-12-18-13-7-5-4-6-8-13/h4-8H,3,9-12H2,1-2H3. The highest BCUT2D eigenvalue weighted by atomic mass is 16.5. The van der Waals surface area contributed by atoms with Crippen molar-refractivity contribution in [1.82, 2.24) is 4.90 Å². The molecule has 4 nitrogen and oxygen atoms in total. The van der Waals surface area contributed by atoms with E-state index in [-0.39, 0.29) is 5.97 Å². The second kappa shape index (κ2) is 8.53. The molecule has 4 heteroatoms. The van der Waals surface area contributed by atoms with E-state index in [2.05, 4.69) is 4.90 Å². The second-order valence-electron chi connectivity index (χ2n) is 4.02. The number of likely N-dealkylation sites (N-methyl/N-ethyl adjacent to an activating group) is 1. The van der Waals surface area contributed by atoms with Crippen molar-refractivity contribution in [2.45, 2.75) is 13.3 Å². The van der Waals surface area contributed by atoms with Gasteiger partial charge in [-0.15, -0.1) is 0 Å². The van der Waals surface area contributed by atoms with Crippen LogP contribution in [0, 0.1) is 0 Å². The van der Waals surface area contributed by atoms with Crippen LogP contribution < -0.4 is 4.74 Å². The summed E-state index contributed by atoms with van der Waals surface area (Å²) < 4.78 is 10.4. The van der Waals surface area contributed by atoms with Crippen LogP contribution in [0.1, 0.15) is 13.3 Å². The summed E-state index contributed by atoms with van der Waals surface area (Å²) in [4.78, 5) is 13.2. The maximum absolute atomic E-state index is 11.2. The highest BCUT2D eigenvalue weighted by molar-refractivity contribution is 5.69. The normalized spacial score (nSPS) is 10.4. The molecule has 1 aromatic carbocycles. The zero-order chi connectivity index (χ0) is 13.2. The Hall–Kier alpha value is -1.55. The predicted octanol–water partition coefficient (Wildman–Crippen LogP) is 1.95. The molecule has 0 aliphatic heterocycles. The minimum absolute atomic E-state index is 0.145. The van der Waals surface area contributed by atoms with Gasteiger partial charge in [-0.1, -0.05) is 18.2 Å². The molecule has 1 aromatic rings. The van der Waals surface area contributed by atoms with Crippen LogP contribution >= 0.6 is 0 Å². The van der Waals surface area contributed by atoms with Gasteiger partial charge in [0.1, 0.15) is 12.4 Å². The topological polar surface area (TPSA) is 38.8 Å². The molecule has 0 saturated heterocycles. The summed E-state index contributed by atoms with van der Waals surface area (Å²) in [6.07, 6.45) is 0.426. The molecule has 0 aliphatic rings. The van der Waals surface area contributed by atoms with Crippen molar-refractivity contribution in [1.29, 1.82) is 0 Å². The number of hydrogen-bond acceptors (Lipinski definition) is 4. The molecule has 0 unspecified atom stereocenters. The Balaban J connectivity index is 2.10. The molecular weight excluding hydrogens is 230 g/mol. The fourth-order valence-corrected chi connectivity index (χ4v) is 1.46. The van der Waals surface area contributed by atoms with Crippen LogP contribution in [0.25, 0.3) is 0 Å². The Kier molecular flexibility index (Phi) is 6.87. The van der Waals surface area contributed by atoms with E-state index in [4.69, 9.17) is 9.47 Å². The van der Waals surface area contributed by atoms with E-state index in [0.29, 0.717) is 26.2 Å². The average Bonchev–Trinajstić information content (AvgIpc) is 2.38. The fourth-order valence-electron chi connectivity index (χ4n) is 1.46. The summed E-state index contributed by atoms with van der Waals surface area (Å²) in [5.74, 6) is 0.727. The zero-order valence-corrected chi connectivity index (χ0v) is 11.1. The zero-order valence-electron chi connectivity index (χ0n) is 11.1. The molecule has 0 spiro atoms. The van der Waals surface area contributed by atoms with Gasteiger partial charge in [0.2, 0.25) is 0 Å². The van der Waals surface area contributed by atoms with E-state index in [1.807, 2.05) is 44.3 Å². The summed E-state index contributed by atoms with van der Waals surface area (Å²) in [6, 6.07) is 9.70. The summed E-state index contributed by atoms with van der Waals surface area (Å²) >= 11 is 0. The van der Waals surface area contributed by atoms with Crippen LogP contribution in [0.15, 0.2) is 30.3 Å². The van der Waals surface area contributed by atoms with Crippen LogP contribution in [-0.2, 0) is 9.53 Å². The molecule has 0 fully saturated rings. The monoisotopic (exact) mass is 251 g/mol. The van der Waals surface area contributed by atoms with E-state index in [9.17, 15) is 4.79 Å². The van der Waals surface area contributed by atoms with Gasteiger partial charge in [0.05, 0.1) is 13.0 Å². The van der Waals surface area contributed by atoms with Crippen LogP contribution in [-0.4, -0.2) is 44.2 Å². The van der Waals surface area contributed by atoms with Crippen LogP contribution in [0.3, 0.4) is 0 Å². The highest BCUT2D eigenvalue weighted by Gasteiger charge is 2.04. The van der Waals surface area contributed by atoms with Gasteiger partial charge in [0.15, 0.2) is 0 Å². The van der Waals surface area contributed by atoms with Gasteiger partial charge in [-0.25, -0.2) is 0 Å². The third-order valence-corrected chi connectivity index (χ3v) is 2.49. The smallest absolute Gasteiger partial charge is 0.307 e. The first-order valence-electron chi connectivity index (χ1n) is 6.24. The maximum atomic E-state index is 11.2. The molecule has 0 amide bonds. The summed E-state index contributed by atoms with van der Waals surface area (Å²) in [6.45, 7) is 4.35. The lowest BCUT2D eigenvalue weighted by molar-refractivity contribution is -0.143. The molecule has 18 heavy (non-hydrogen) atoms. The molecule has 1 rings (SSSR count). The van der Waals surface area contributed by atoms with Crippen molar-refractivity contribution in [2.24, 2.45) is 0 Å². The summed E-state index contributed by atoms with van der Waals surface area (Å²) in [5, 5.41) is 0. The molecule has 0 aliphatic carbocycles. The van der Waals surface area contributed by atoms with E-state index >= 15 is 0 Å². The Bertz CT molecular complexity index is 340. The van der Waals surface area contributed by atoms with Crippen molar-refractivity contribution in [2.75, 3.05) is 33.4 Å². The molecule has 0 heterocycles. The number of ether oxygens (including phenoxy) is 2. The van der Waals surface area contributed by atoms with Gasteiger partial charge in [0, 0.05) is 13.1 Å². The van der Waals surface area contributed by atoms with Crippen molar-refractivity contribution >= 4 is 5.97 Å². The number of carbonyl (C=O) groups excluding carboxylic acids is 1. The minimum Gasteiger partial charge on any atom is -0.492 e. The van der Waals surface area contributed by atoms with Crippen LogP contribution in [0.4, 0.5) is 0 Å². The molecule has 0 bridgehead atoms. The first kappa shape index (κ1) is 14.5. The molecule has 0 radical (unpaired) electrons. The first-order valence-corrected chi connectivity index (χ1v) is 6.24. The molecule has 0 saturated carbocycles. The average molecular weight is 251 g/mol. The van der Waals surface area contributed by atoms with E-state index in [1.54, 1.807) is 0 Å². The lowest BCUT2D eigenvalue weighted by atomic mass is 10.3. The molecule has 100 valence electrons. The number of nitrogens with zero attached hydrogens (tertiary/aromatic N) is 1.